The lowest BCUT2D eigenvalue weighted by molar-refractivity contribution is 0.0533. The summed E-state index contributed by atoms with van der Waals surface area (Å²) in [6.45, 7) is 2.41. The number of hydrogen-bond acceptors (Lipinski definition) is 7. The quantitative estimate of drug-likeness (QED) is 0.208. The molecule has 0 aliphatic heterocycles. The average molecular weight is 385 g/mol. The number of thiophene rings is 1. The number of aliphatic imine (C=N–C) groups is 1. The Bertz CT molecular complexity index is 941. The van der Waals surface area contributed by atoms with E-state index in [0.29, 0.717) is 33.1 Å². The highest BCUT2D eigenvalue weighted by Crippen LogP contribution is 2.42. The van der Waals surface area contributed by atoms with Crippen LogP contribution < -0.4 is 10.2 Å². The van der Waals surface area contributed by atoms with Crippen molar-refractivity contribution in [3.8, 4) is 5.75 Å². The maximum atomic E-state index is 12.3. The first-order chi connectivity index (χ1) is 13.2. The predicted octanol–water partition coefficient (Wildman–Crippen LogP) is 3.86. The molecule has 0 amide bonds. The molecule has 27 heavy (non-hydrogen) atoms. The molecule has 8 heteroatoms. The second kappa shape index (κ2) is 9.11. The predicted molar refractivity (Wildman–Crippen MR) is 105 cm³/mol. The van der Waals surface area contributed by atoms with Gasteiger partial charge in [0.2, 0.25) is 0 Å². The minimum absolute atomic E-state index is 0.277. The largest absolute Gasteiger partial charge is 0.496 e. The summed E-state index contributed by atoms with van der Waals surface area (Å²) in [5.41, 5.74) is 4.14. The van der Waals surface area contributed by atoms with Crippen LogP contribution >= 0.6 is 11.3 Å². The van der Waals surface area contributed by atoms with Crippen LogP contribution in [0.25, 0.3) is 10.2 Å². The first-order valence-corrected chi connectivity index (χ1v) is 9.12. The van der Waals surface area contributed by atoms with E-state index in [1.165, 1.54) is 17.7 Å². The molecule has 0 radical (unpaired) electrons. The highest BCUT2D eigenvalue weighted by Gasteiger charge is 2.22. The van der Waals surface area contributed by atoms with Crippen molar-refractivity contribution in [3.05, 3.63) is 53.0 Å². The Morgan fingerprint density at radius 2 is 2.11 bits per heavy atom. The Kier molecular flexibility index (Phi) is 6.35. The van der Waals surface area contributed by atoms with E-state index >= 15 is 0 Å². The SMILES string of the molecule is CCOC(=O)c1sc2nccc(OC)c2c1N=CNOCc1ccccc1. The van der Waals surface area contributed by atoms with Crippen molar-refractivity contribution < 1.29 is 19.1 Å². The number of carbonyl (C=O) groups excluding carboxylic acids is 1. The smallest absolute Gasteiger partial charge is 0.350 e. The van der Waals surface area contributed by atoms with Crippen LogP contribution in [0.2, 0.25) is 0 Å². The second-order valence-electron chi connectivity index (χ2n) is 5.34. The van der Waals surface area contributed by atoms with Gasteiger partial charge in [0.25, 0.3) is 0 Å². The third-order valence-corrected chi connectivity index (χ3v) is 4.69. The maximum Gasteiger partial charge on any atom is 0.350 e. The molecule has 0 bridgehead atoms. The molecule has 0 saturated carbocycles. The van der Waals surface area contributed by atoms with Crippen molar-refractivity contribution >= 4 is 39.5 Å². The maximum absolute atomic E-state index is 12.3. The van der Waals surface area contributed by atoms with Crippen molar-refractivity contribution in [3.63, 3.8) is 0 Å². The van der Waals surface area contributed by atoms with Gasteiger partial charge in [0.05, 0.1) is 25.7 Å². The third kappa shape index (κ3) is 4.42. The first-order valence-electron chi connectivity index (χ1n) is 8.31. The summed E-state index contributed by atoms with van der Waals surface area (Å²) in [5, 5.41) is 0.661. The zero-order valence-corrected chi connectivity index (χ0v) is 15.8. The van der Waals surface area contributed by atoms with Crippen LogP contribution in [0.5, 0.6) is 5.75 Å². The van der Waals surface area contributed by atoms with Crippen LogP contribution in [-0.2, 0) is 16.2 Å². The van der Waals surface area contributed by atoms with Crippen molar-refractivity contribution in [2.45, 2.75) is 13.5 Å². The minimum Gasteiger partial charge on any atom is -0.496 e. The molecule has 0 spiro atoms. The van der Waals surface area contributed by atoms with Gasteiger partial charge in [-0.3, -0.25) is 10.3 Å². The number of ether oxygens (including phenoxy) is 2. The number of nitrogens with zero attached hydrogens (tertiary/aromatic N) is 2. The van der Waals surface area contributed by atoms with E-state index in [1.54, 1.807) is 26.3 Å². The number of rotatable bonds is 8. The summed E-state index contributed by atoms with van der Waals surface area (Å²) in [6, 6.07) is 11.5. The molecule has 0 saturated heterocycles. The van der Waals surface area contributed by atoms with Gasteiger partial charge in [0, 0.05) is 6.20 Å². The van der Waals surface area contributed by atoms with Gasteiger partial charge >= 0.3 is 5.97 Å². The van der Waals surface area contributed by atoms with Crippen LogP contribution in [0.1, 0.15) is 22.2 Å². The van der Waals surface area contributed by atoms with E-state index in [9.17, 15) is 4.79 Å². The van der Waals surface area contributed by atoms with Gasteiger partial charge in [-0.15, -0.1) is 11.3 Å². The Labute approximate surface area is 160 Å². The van der Waals surface area contributed by atoms with E-state index in [2.05, 4.69) is 15.5 Å². The van der Waals surface area contributed by atoms with Crippen molar-refractivity contribution in [1.82, 2.24) is 10.5 Å². The number of methoxy groups -OCH3 is 1. The van der Waals surface area contributed by atoms with Crippen molar-refractivity contribution in [1.29, 1.82) is 0 Å². The first kappa shape index (κ1) is 18.8. The fraction of sp³-hybridized carbons (Fsp3) is 0.211. The summed E-state index contributed by atoms with van der Waals surface area (Å²) in [6.07, 6.45) is 3.01. The molecule has 7 nitrogen and oxygen atoms in total. The average Bonchev–Trinajstić information content (AvgIpc) is 3.07. The Balaban J connectivity index is 1.82. The fourth-order valence-corrected chi connectivity index (χ4v) is 3.44. The zero-order chi connectivity index (χ0) is 19.1. The number of aromatic nitrogens is 1. The number of fused-ring (bicyclic) bond motifs is 1. The summed E-state index contributed by atoms with van der Waals surface area (Å²) in [5.74, 6) is 0.143. The van der Waals surface area contributed by atoms with E-state index in [-0.39, 0.29) is 6.61 Å². The molecule has 0 unspecified atom stereocenters. The molecular weight excluding hydrogens is 366 g/mol. The molecule has 0 aliphatic rings. The molecule has 0 aliphatic carbocycles. The molecule has 1 aromatic carbocycles. The summed E-state index contributed by atoms with van der Waals surface area (Å²) in [4.78, 5) is 27.4. The molecule has 3 rings (SSSR count). The van der Waals surface area contributed by atoms with Gasteiger partial charge in [0.15, 0.2) is 0 Å². The lowest BCUT2D eigenvalue weighted by Crippen LogP contribution is -2.11. The third-order valence-electron chi connectivity index (χ3n) is 3.62. The van der Waals surface area contributed by atoms with Crippen LogP contribution in [0, 0.1) is 0 Å². The van der Waals surface area contributed by atoms with Gasteiger partial charge < -0.3 is 9.47 Å². The zero-order valence-electron chi connectivity index (χ0n) is 15.0. The van der Waals surface area contributed by atoms with Crippen LogP contribution in [-0.4, -0.2) is 31.0 Å². The molecule has 2 heterocycles. The number of benzene rings is 1. The number of carbonyl (C=O) groups is 1. The van der Waals surface area contributed by atoms with Gasteiger partial charge in [-0.05, 0) is 18.6 Å². The number of hydrogen-bond donors (Lipinski definition) is 1. The molecule has 2 aromatic heterocycles. The van der Waals surface area contributed by atoms with Crippen LogP contribution in [0.4, 0.5) is 5.69 Å². The number of pyridine rings is 1. The van der Waals surface area contributed by atoms with E-state index in [1.807, 2.05) is 30.3 Å². The van der Waals surface area contributed by atoms with Crippen LogP contribution in [0.15, 0.2) is 47.6 Å². The molecule has 0 atom stereocenters. The highest BCUT2D eigenvalue weighted by atomic mass is 32.1. The summed E-state index contributed by atoms with van der Waals surface area (Å²) >= 11 is 1.21. The van der Waals surface area contributed by atoms with Crippen molar-refractivity contribution in [2.75, 3.05) is 13.7 Å². The molecule has 140 valence electrons. The topological polar surface area (TPSA) is 82.0 Å². The molecule has 0 fully saturated rings. The lowest BCUT2D eigenvalue weighted by Gasteiger charge is -2.04. The highest BCUT2D eigenvalue weighted by molar-refractivity contribution is 7.21. The second-order valence-corrected chi connectivity index (χ2v) is 6.34. The van der Waals surface area contributed by atoms with Gasteiger partial charge in [-0.1, -0.05) is 30.3 Å². The monoisotopic (exact) mass is 385 g/mol. The summed E-state index contributed by atoms with van der Waals surface area (Å²) < 4.78 is 10.5. The van der Waals surface area contributed by atoms with Crippen LogP contribution in [0.3, 0.4) is 0 Å². The lowest BCUT2D eigenvalue weighted by atomic mass is 10.2. The van der Waals surface area contributed by atoms with Gasteiger partial charge in [-0.2, -0.15) is 0 Å². The van der Waals surface area contributed by atoms with E-state index in [4.69, 9.17) is 14.3 Å². The standard InChI is InChI=1S/C19H19N3O4S/c1-3-25-19(23)17-16(15-14(24-2)9-10-20-18(15)27-17)21-12-22-26-11-13-7-5-4-6-8-13/h4-10,12H,3,11H2,1-2H3,(H,21,22). The minimum atomic E-state index is -0.445. The van der Waals surface area contributed by atoms with Crippen molar-refractivity contribution in [2.24, 2.45) is 4.99 Å². The normalized spacial score (nSPS) is 11.0. The van der Waals surface area contributed by atoms with E-state index in [0.717, 1.165) is 5.56 Å². The van der Waals surface area contributed by atoms with Gasteiger partial charge in [0.1, 0.15) is 27.5 Å². The number of hydroxylamine groups is 1. The molecular formula is C19H19N3O4S. The molecule has 3 aromatic rings. The number of nitrogens with one attached hydrogen (secondary N) is 1. The number of esters is 1. The fourth-order valence-electron chi connectivity index (χ4n) is 2.44. The van der Waals surface area contributed by atoms with E-state index < -0.39 is 5.97 Å². The van der Waals surface area contributed by atoms with Gasteiger partial charge in [-0.25, -0.2) is 14.8 Å². The Morgan fingerprint density at radius 1 is 1.30 bits per heavy atom. The summed E-state index contributed by atoms with van der Waals surface area (Å²) in [7, 11) is 1.56. The Morgan fingerprint density at radius 3 is 2.85 bits per heavy atom. The Hall–Kier alpha value is -2.97. The molecule has 1 N–H and O–H groups in total.